The lowest BCUT2D eigenvalue weighted by molar-refractivity contribution is 0.271. The Balaban J connectivity index is 2.41. The molecule has 2 nitrogen and oxygen atoms in total. The highest BCUT2D eigenvalue weighted by Gasteiger charge is 2.09. The van der Waals surface area contributed by atoms with Crippen LogP contribution in [0.15, 0.2) is 24.3 Å². The third-order valence-corrected chi connectivity index (χ3v) is 4.33. The molecule has 0 saturated carbocycles. The van der Waals surface area contributed by atoms with Gasteiger partial charge in [-0.3, -0.25) is 0 Å². The number of hydrogen-bond acceptors (Lipinski definition) is 3. The molecule has 0 spiro atoms. The summed E-state index contributed by atoms with van der Waals surface area (Å²) in [6.07, 6.45) is 1.22. The van der Waals surface area contributed by atoms with Gasteiger partial charge >= 0.3 is 0 Å². The molecule has 0 fully saturated rings. The molecule has 2 unspecified atom stereocenters. The summed E-state index contributed by atoms with van der Waals surface area (Å²) in [6.45, 7) is 11.8. The molecule has 1 N–H and O–H groups in total. The maximum absolute atomic E-state index is 5.73. The Kier molecular flexibility index (Phi) is 8.86. The summed E-state index contributed by atoms with van der Waals surface area (Å²) in [7, 11) is 0. The number of hydrogen-bond donors (Lipinski definition) is 1. The third kappa shape index (κ3) is 7.77. The monoisotopic (exact) mass is 309 g/mol. The Hall–Kier alpha value is -0.670. The highest BCUT2D eigenvalue weighted by molar-refractivity contribution is 7.99. The van der Waals surface area contributed by atoms with Crippen LogP contribution in [0.1, 0.15) is 52.6 Å². The van der Waals surface area contributed by atoms with E-state index in [1.165, 1.54) is 23.5 Å². The summed E-state index contributed by atoms with van der Waals surface area (Å²) in [5.74, 6) is 3.97. The van der Waals surface area contributed by atoms with Gasteiger partial charge in [-0.05, 0) is 55.4 Å². The second-order valence-corrected chi connectivity index (χ2v) is 7.44. The summed E-state index contributed by atoms with van der Waals surface area (Å²) < 4.78 is 5.73. The largest absolute Gasteiger partial charge is 0.493 e. The molecule has 0 aliphatic heterocycles. The van der Waals surface area contributed by atoms with E-state index in [0.717, 1.165) is 12.4 Å². The van der Waals surface area contributed by atoms with Crippen molar-refractivity contribution < 1.29 is 4.74 Å². The fraction of sp³-hybridized carbons (Fsp3) is 0.667. The normalized spacial score (nSPS) is 14.2. The van der Waals surface area contributed by atoms with Gasteiger partial charge in [-0.15, -0.1) is 0 Å². The lowest BCUT2D eigenvalue weighted by Gasteiger charge is -2.20. The van der Waals surface area contributed by atoms with Crippen LogP contribution in [-0.4, -0.2) is 24.2 Å². The lowest BCUT2D eigenvalue weighted by atomic mass is 10.1. The van der Waals surface area contributed by atoms with Crippen LogP contribution >= 0.6 is 11.8 Å². The van der Waals surface area contributed by atoms with Crippen LogP contribution in [-0.2, 0) is 0 Å². The van der Waals surface area contributed by atoms with Crippen molar-refractivity contribution in [1.29, 1.82) is 0 Å². The van der Waals surface area contributed by atoms with Crippen molar-refractivity contribution >= 4 is 11.8 Å². The zero-order valence-electron chi connectivity index (χ0n) is 14.2. The topological polar surface area (TPSA) is 21.3 Å². The average Bonchev–Trinajstić information content (AvgIpc) is 2.45. The summed E-state index contributed by atoms with van der Waals surface area (Å²) in [5.41, 5.74) is 1.32. The zero-order chi connectivity index (χ0) is 15.7. The number of rotatable bonds is 10. The van der Waals surface area contributed by atoms with Gasteiger partial charge in [-0.2, -0.15) is 11.8 Å². The minimum Gasteiger partial charge on any atom is -0.493 e. The molecule has 0 aliphatic carbocycles. The molecule has 0 radical (unpaired) electrons. The molecule has 1 rings (SSSR count). The molecule has 120 valence electrons. The zero-order valence-corrected chi connectivity index (χ0v) is 15.0. The van der Waals surface area contributed by atoms with Crippen molar-refractivity contribution in [3.63, 3.8) is 0 Å². The van der Waals surface area contributed by atoms with Gasteiger partial charge in [-0.1, -0.05) is 32.9 Å². The van der Waals surface area contributed by atoms with Crippen molar-refractivity contribution in [2.75, 3.05) is 18.1 Å². The van der Waals surface area contributed by atoms with E-state index in [1.54, 1.807) is 0 Å². The van der Waals surface area contributed by atoms with Crippen LogP contribution in [0.3, 0.4) is 0 Å². The smallest absolute Gasteiger partial charge is 0.119 e. The summed E-state index contributed by atoms with van der Waals surface area (Å²) in [5, 5.41) is 3.67. The maximum atomic E-state index is 5.73. The second kappa shape index (κ2) is 10.1. The maximum Gasteiger partial charge on any atom is 0.119 e. The molecule has 0 heterocycles. The minimum absolute atomic E-state index is 0.380. The summed E-state index contributed by atoms with van der Waals surface area (Å²) >= 11 is 2.01. The van der Waals surface area contributed by atoms with E-state index in [2.05, 4.69) is 64.2 Å². The first kappa shape index (κ1) is 18.4. The lowest BCUT2D eigenvalue weighted by Crippen LogP contribution is -2.29. The Morgan fingerprint density at radius 1 is 1.10 bits per heavy atom. The molecular weight excluding hydrogens is 278 g/mol. The molecule has 0 bridgehead atoms. The second-order valence-electron chi connectivity index (χ2n) is 6.05. The number of benzene rings is 1. The first-order chi connectivity index (χ1) is 10.0. The Labute approximate surface area is 135 Å². The van der Waals surface area contributed by atoms with Crippen LogP contribution in [0.2, 0.25) is 0 Å². The standard InChI is InChI=1S/C18H31NOS/c1-6-21-12-11-15(4)19-16(5)17-7-9-18(10-8-17)20-13-14(2)3/h7-10,14-16,19H,6,11-13H2,1-5H3. The van der Waals surface area contributed by atoms with Gasteiger partial charge in [0.25, 0.3) is 0 Å². The summed E-state index contributed by atoms with van der Waals surface area (Å²) in [6, 6.07) is 9.42. The van der Waals surface area contributed by atoms with Crippen molar-refractivity contribution in [3.8, 4) is 5.75 Å². The summed E-state index contributed by atoms with van der Waals surface area (Å²) in [4.78, 5) is 0. The first-order valence-electron chi connectivity index (χ1n) is 8.09. The van der Waals surface area contributed by atoms with Crippen molar-refractivity contribution in [3.05, 3.63) is 29.8 Å². The molecule has 2 atom stereocenters. The van der Waals surface area contributed by atoms with E-state index in [4.69, 9.17) is 4.74 Å². The Morgan fingerprint density at radius 2 is 1.76 bits per heavy atom. The van der Waals surface area contributed by atoms with Gasteiger partial charge in [0.15, 0.2) is 0 Å². The van der Waals surface area contributed by atoms with Gasteiger partial charge in [0.05, 0.1) is 6.61 Å². The fourth-order valence-electron chi connectivity index (χ4n) is 2.13. The molecule has 3 heteroatoms. The van der Waals surface area contributed by atoms with Crippen LogP contribution in [0.4, 0.5) is 0 Å². The SMILES string of the molecule is CCSCCC(C)NC(C)c1ccc(OCC(C)C)cc1. The van der Waals surface area contributed by atoms with E-state index in [0.29, 0.717) is 18.0 Å². The predicted molar refractivity (Wildman–Crippen MR) is 95.4 cm³/mol. The minimum atomic E-state index is 0.380. The molecule has 0 aromatic heterocycles. The number of ether oxygens (including phenoxy) is 1. The van der Waals surface area contributed by atoms with Gasteiger partial charge in [-0.25, -0.2) is 0 Å². The Bertz CT molecular complexity index is 377. The molecule has 0 amide bonds. The molecule has 0 aliphatic rings. The van der Waals surface area contributed by atoms with Crippen molar-refractivity contribution in [1.82, 2.24) is 5.32 Å². The van der Waals surface area contributed by atoms with Crippen LogP contribution in [0.25, 0.3) is 0 Å². The quantitative estimate of drug-likeness (QED) is 0.621. The van der Waals surface area contributed by atoms with Crippen LogP contribution < -0.4 is 10.1 Å². The third-order valence-electron chi connectivity index (χ3n) is 3.40. The highest BCUT2D eigenvalue weighted by Crippen LogP contribution is 2.19. The van der Waals surface area contributed by atoms with Gasteiger partial charge in [0.2, 0.25) is 0 Å². The van der Waals surface area contributed by atoms with Crippen molar-refractivity contribution in [2.24, 2.45) is 5.92 Å². The van der Waals surface area contributed by atoms with Crippen LogP contribution in [0.5, 0.6) is 5.75 Å². The molecular formula is C18H31NOS. The van der Waals surface area contributed by atoms with Gasteiger partial charge < -0.3 is 10.1 Å². The molecule has 21 heavy (non-hydrogen) atoms. The predicted octanol–water partition coefficient (Wildman–Crippen LogP) is 4.90. The van der Waals surface area contributed by atoms with E-state index in [9.17, 15) is 0 Å². The average molecular weight is 310 g/mol. The highest BCUT2D eigenvalue weighted by atomic mass is 32.2. The Morgan fingerprint density at radius 3 is 2.33 bits per heavy atom. The van der Waals surface area contributed by atoms with E-state index in [-0.39, 0.29) is 0 Å². The fourth-order valence-corrected chi connectivity index (χ4v) is 2.94. The van der Waals surface area contributed by atoms with Gasteiger partial charge in [0.1, 0.15) is 5.75 Å². The van der Waals surface area contributed by atoms with E-state index >= 15 is 0 Å². The van der Waals surface area contributed by atoms with Crippen molar-refractivity contribution in [2.45, 2.75) is 53.1 Å². The number of thioether (sulfide) groups is 1. The van der Waals surface area contributed by atoms with Gasteiger partial charge in [0, 0.05) is 12.1 Å². The van der Waals surface area contributed by atoms with E-state index in [1.807, 2.05) is 11.8 Å². The van der Waals surface area contributed by atoms with E-state index < -0.39 is 0 Å². The van der Waals surface area contributed by atoms with Crippen LogP contribution in [0, 0.1) is 5.92 Å². The first-order valence-corrected chi connectivity index (χ1v) is 9.25. The molecule has 1 aromatic carbocycles. The molecule has 0 saturated heterocycles. The number of nitrogens with one attached hydrogen (secondary N) is 1. The molecule has 1 aromatic rings.